The zero-order valence-electron chi connectivity index (χ0n) is 15.1. The highest BCUT2D eigenvalue weighted by molar-refractivity contribution is 5.81. The molecule has 0 amide bonds. The van der Waals surface area contributed by atoms with Crippen LogP contribution in [0.25, 0.3) is 0 Å². The minimum absolute atomic E-state index is 0.252. The van der Waals surface area contributed by atoms with Crippen LogP contribution < -0.4 is 0 Å². The fraction of sp³-hybridized carbons (Fsp3) is 0.842. The SMILES string of the molecule is C=CC(=O)OCC1CCCC(OC)CCC(C)CCC(OC)C1. The van der Waals surface area contributed by atoms with Crippen molar-refractivity contribution in [1.29, 1.82) is 0 Å². The molecular weight excluding hydrogens is 292 g/mol. The fourth-order valence-electron chi connectivity index (χ4n) is 3.33. The molecule has 0 aromatic heterocycles. The maximum Gasteiger partial charge on any atom is 0.330 e. The Kier molecular flexibility index (Phi) is 10.2. The molecule has 1 rings (SSSR count). The lowest BCUT2D eigenvalue weighted by Gasteiger charge is -2.26. The molecule has 1 aliphatic rings. The maximum absolute atomic E-state index is 11.3. The van der Waals surface area contributed by atoms with Crippen molar-refractivity contribution >= 4 is 5.97 Å². The van der Waals surface area contributed by atoms with E-state index in [2.05, 4.69) is 13.5 Å². The highest BCUT2D eigenvalue weighted by Crippen LogP contribution is 2.26. The summed E-state index contributed by atoms with van der Waals surface area (Å²) >= 11 is 0. The van der Waals surface area contributed by atoms with Crippen LogP contribution in [0.3, 0.4) is 0 Å². The molecule has 0 heterocycles. The summed E-state index contributed by atoms with van der Waals surface area (Å²) in [5.74, 6) is 0.700. The van der Waals surface area contributed by atoms with Crippen LogP contribution in [0.2, 0.25) is 0 Å². The number of carbonyl (C=O) groups is 1. The van der Waals surface area contributed by atoms with Gasteiger partial charge in [0.2, 0.25) is 0 Å². The van der Waals surface area contributed by atoms with Gasteiger partial charge in [0.1, 0.15) is 0 Å². The van der Waals surface area contributed by atoms with Gasteiger partial charge >= 0.3 is 5.97 Å². The normalized spacial score (nSPS) is 30.7. The molecule has 0 N–H and O–H groups in total. The molecule has 1 fully saturated rings. The van der Waals surface area contributed by atoms with E-state index in [9.17, 15) is 4.79 Å². The van der Waals surface area contributed by atoms with E-state index in [1.807, 2.05) is 7.11 Å². The van der Waals surface area contributed by atoms with Crippen molar-refractivity contribution < 1.29 is 19.0 Å². The summed E-state index contributed by atoms with van der Waals surface area (Å²) in [6, 6.07) is 0. The average molecular weight is 326 g/mol. The molecule has 0 aliphatic heterocycles. The Labute approximate surface area is 141 Å². The van der Waals surface area contributed by atoms with Crippen molar-refractivity contribution in [3.8, 4) is 0 Å². The Morgan fingerprint density at radius 2 is 1.70 bits per heavy atom. The lowest BCUT2D eigenvalue weighted by molar-refractivity contribution is -0.139. The molecule has 1 saturated carbocycles. The first-order chi connectivity index (χ1) is 11.1. The number of ether oxygens (including phenoxy) is 3. The Balaban J connectivity index is 2.63. The van der Waals surface area contributed by atoms with Gasteiger partial charge in [-0.1, -0.05) is 19.9 Å². The molecule has 4 unspecified atom stereocenters. The zero-order chi connectivity index (χ0) is 17.1. The fourth-order valence-corrected chi connectivity index (χ4v) is 3.33. The van der Waals surface area contributed by atoms with E-state index in [1.165, 1.54) is 18.9 Å². The molecule has 4 atom stereocenters. The Morgan fingerprint density at radius 1 is 1.04 bits per heavy atom. The standard InChI is InChI=1S/C19H34O4/c1-5-19(20)23-14-16-7-6-8-17(21-3)11-9-15(2)10-12-18(13-16)22-4/h5,15-18H,1,6-14H2,2-4H3. The third kappa shape index (κ3) is 8.52. The van der Waals surface area contributed by atoms with Crippen LogP contribution in [0.15, 0.2) is 12.7 Å². The monoisotopic (exact) mass is 326 g/mol. The Hall–Kier alpha value is -0.870. The van der Waals surface area contributed by atoms with Gasteiger partial charge in [-0.05, 0) is 56.8 Å². The summed E-state index contributed by atoms with van der Waals surface area (Å²) in [6.07, 6.45) is 10.6. The van der Waals surface area contributed by atoms with Crippen molar-refractivity contribution in [2.45, 2.75) is 70.5 Å². The van der Waals surface area contributed by atoms with Crippen LogP contribution in [0.4, 0.5) is 0 Å². The molecule has 0 aromatic carbocycles. The molecule has 1 aliphatic carbocycles. The van der Waals surface area contributed by atoms with Crippen LogP contribution in [0, 0.1) is 11.8 Å². The van der Waals surface area contributed by atoms with E-state index < -0.39 is 0 Å². The second-order valence-corrected chi connectivity index (χ2v) is 6.84. The average Bonchev–Trinajstić information content (AvgIpc) is 2.56. The van der Waals surface area contributed by atoms with Crippen molar-refractivity contribution in [3.63, 3.8) is 0 Å². The first kappa shape index (κ1) is 20.2. The van der Waals surface area contributed by atoms with Crippen LogP contribution in [0.5, 0.6) is 0 Å². The third-order valence-corrected chi connectivity index (χ3v) is 4.99. The first-order valence-corrected chi connectivity index (χ1v) is 8.93. The highest BCUT2D eigenvalue weighted by Gasteiger charge is 2.21. The summed E-state index contributed by atoms with van der Waals surface area (Å²) in [5.41, 5.74) is 0. The number of hydrogen-bond donors (Lipinski definition) is 0. The van der Waals surface area contributed by atoms with Gasteiger partial charge in [0.05, 0.1) is 18.8 Å². The first-order valence-electron chi connectivity index (χ1n) is 8.93. The van der Waals surface area contributed by atoms with Gasteiger partial charge in [0.15, 0.2) is 0 Å². The van der Waals surface area contributed by atoms with E-state index in [0.717, 1.165) is 38.5 Å². The number of carbonyl (C=O) groups excluding carboxylic acids is 1. The number of esters is 1. The van der Waals surface area contributed by atoms with Gasteiger partial charge < -0.3 is 14.2 Å². The summed E-state index contributed by atoms with van der Waals surface area (Å²) < 4.78 is 16.6. The van der Waals surface area contributed by atoms with Gasteiger partial charge in [-0.3, -0.25) is 0 Å². The zero-order valence-corrected chi connectivity index (χ0v) is 15.1. The lowest BCUT2D eigenvalue weighted by atomic mass is 9.88. The van der Waals surface area contributed by atoms with E-state index in [-0.39, 0.29) is 12.1 Å². The smallest absolute Gasteiger partial charge is 0.330 e. The van der Waals surface area contributed by atoms with E-state index in [1.54, 1.807) is 7.11 Å². The second kappa shape index (κ2) is 11.6. The lowest BCUT2D eigenvalue weighted by Crippen LogP contribution is -2.23. The van der Waals surface area contributed by atoms with Crippen molar-refractivity contribution in [2.75, 3.05) is 20.8 Å². The van der Waals surface area contributed by atoms with Crippen LogP contribution in [-0.2, 0) is 19.0 Å². The molecule has 4 nitrogen and oxygen atoms in total. The Morgan fingerprint density at radius 3 is 2.30 bits per heavy atom. The molecule has 0 saturated heterocycles. The molecule has 0 bridgehead atoms. The minimum atomic E-state index is -0.339. The van der Waals surface area contributed by atoms with E-state index >= 15 is 0 Å². The molecule has 4 heteroatoms. The summed E-state index contributed by atoms with van der Waals surface area (Å²) in [5, 5.41) is 0. The predicted octanol–water partition coefficient (Wildman–Crippen LogP) is 4.13. The quantitative estimate of drug-likeness (QED) is 0.563. The second-order valence-electron chi connectivity index (χ2n) is 6.84. The predicted molar refractivity (Wildman–Crippen MR) is 92.3 cm³/mol. The van der Waals surface area contributed by atoms with Gasteiger partial charge in [-0.2, -0.15) is 0 Å². The highest BCUT2D eigenvalue weighted by atomic mass is 16.5. The summed E-state index contributed by atoms with van der Waals surface area (Å²) in [7, 11) is 3.60. The molecule has 134 valence electrons. The number of rotatable bonds is 5. The summed E-state index contributed by atoms with van der Waals surface area (Å²) in [6.45, 7) is 6.22. The third-order valence-electron chi connectivity index (χ3n) is 4.99. The summed E-state index contributed by atoms with van der Waals surface area (Å²) in [4.78, 5) is 11.3. The maximum atomic E-state index is 11.3. The molecule has 0 radical (unpaired) electrons. The van der Waals surface area contributed by atoms with Crippen molar-refractivity contribution in [2.24, 2.45) is 11.8 Å². The van der Waals surface area contributed by atoms with Crippen LogP contribution in [0.1, 0.15) is 58.3 Å². The van der Waals surface area contributed by atoms with Gasteiger partial charge in [0.25, 0.3) is 0 Å². The minimum Gasteiger partial charge on any atom is -0.462 e. The van der Waals surface area contributed by atoms with Crippen LogP contribution in [-0.4, -0.2) is 39.0 Å². The van der Waals surface area contributed by atoms with Gasteiger partial charge in [-0.15, -0.1) is 0 Å². The Bertz CT molecular complexity index is 342. The molecule has 23 heavy (non-hydrogen) atoms. The van der Waals surface area contributed by atoms with E-state index in [0.29, 0.717) is 24.5 Å². The van der Waals surface area contributed by atoms with Gasteiger partial charge in [0, 0.05) is 20.3 Å². The largest absolute Gasteiger partial charge is 0.462 e. The topological polar surface area (TPSA) is 44.8 Å². The van der Waals surface area contributed by atoms with Crippen LogP contribution >= 0.6 is 0 Å². The molecule has 0 spiro atoms. The van der Waals surface area contributed by atoms with E-state index in [4.69, 9.17) is 14.2 Å². The molecule has 0 aromatic rings. The van der Waals surface area contributed by atoms with Gasteiger partial charge in [-0.25, -0.2) is 4.79 Å². The number of methoxy groups -OCH3 is 2. The van der Waals surface area contributed by atoms with Crippen molar-refractivity contribution in [3.05, 3.63) is 12.7 Å². The number of hydrogen-bond acceptors (Lipinski definition) is 4. The molecular formula is C19H34O4. The van der Waals surface area contributed by atoms with Crippen molar-refractivity contribution in [1.82, 2.24) is 0 Å².